The van der Waals surface area contributed by atoms with Crippen molar-refractivity contribution < 1.29 is 14.6 Å². The van der Waals surface area contributed by atoms with Crippen LogP contribution in [0.2, 0.25) is 0 Å². The Morgan fingerprint density at radius 1 is 1.53 bits per heavy atom. The van der Waals surface area contributed by atoms with Gasteiger partial charge < -0.3 is 9.84 Å². The first kappa shape index (κ1) is 10.2. The smallest absolute Gasteiger partial charge is 0.307 e. The first-order valence-electron chi connectivity index (χ1n) is 5.14. The molecule has 1 heterocycles. The van der Waals surface area contributed by atoms with Gasteiger partial charge in [0, 0.05) is 12.5 Å². The number of hydrogen-bond donors (Lipinski definition) is 1. The zero-order valence-corrected chi connectivity index (χ0v) is 8.48. The van der Waals surface area contributed by atoms with E-state index in [0.29, 0.717) is 5.92 Å². The van der Waals surface area contributed by atoms with Crippen LogP contribution in [0.4, 0.5) is 0 Å². The molecule has 0 aromatic heterocycles. The lowest BCUT2D eigenvalue weighted by molar-refractivity contribution is -0.136. The van der Waals surface area contributed by atoms with Gasteiger partial charge in [0.15, 0.2) is 0 Å². The minimum Gasteiger partial charge on any atom is -0.481 e. The van der Waals surface area contributed by atoms with Gasteiger partial charge in [-0.25, -0.2) is 0 Å². The van der Waals surface area contributed by atoms with Crippen molar-refractivity contribution in [2.45, 2.75) is 18.8 Å². The van der Waals surface area contributed by atoms with Crippen LogP contribution in [-0.4, -0.2) is 24.3 Å². The van der Waals surface area contributed by atoms with Crippen LogP contribution < -0.4 is 0 Å². The van der Waals surface area contributed by atoms with Crippen molar-refractivity contribution in [2.24, 2.45) is 0 Å². The SMILES string of the molecule is O=C(O)Cc1cccc(C2CCOC2)c1. The molecule has 0 aliphatic carbocycles. The fraction of sp³-hybridized carbons (Fsp3) is 0.417. The van der Waals surface area contributed by atoms with Gasteiger partial charge in [0.25, 0.3) is 0 Å². The molecular formula is C12H14O3. The molecule has 1 saturated heterocycles. The van der Waals surface area contributed by atoms with Crippen molar-refractivity contribution in [3.8, 4) is 0 Å². The Bertz CT molecular complexity index is 354. The van der Waals surface area contributed by atoms with Crippen molar-refractivity contribution in [1.82, 2.24) is 0 Å². The predicted molar refractivity (Wildman–Crippen MR) is 56.0 cm³/mol. The van der Waals surface area contributed by atoms with Gasteiger partial charge in [0.2, 0.25) is 0 Å². The number of rotatable bonds is 3. The summed E-state index contributed by atoms with van der Waals surface area (Å²) in [6.07, 6.45) is 1.14. The maximum Gasteiger partial charge on any atom is 0.307 e. The van der Waals surface area contributed by atoms with E-state index < -0.39 is 5.97 Å². The van der Waals surface area contributed by atoms with Gasteiger partial charge in [-0.2, -0.15) is 0 Å². The van der Waals surface area contributed by atoms with Gasteiger partial charge >= 0.3 is 5.97 Å². The van der Waals surface area contributed by atoms with E-state index in [0.717, 1.165) is 25.2 Å². The summed E-state index contributed by atoms with van der Waals surface area (Å²) in [5.41, 5.74) is 2.07. The quantitative estimate of drug-likeness (QED) is 0.820. The first-order chi connectivity index (χ1) is 7.25. The van der Waals surface area contributed by atoms with Crippen LogP contribution in [0.25, 0.3) is 0 Å². The number of carbonyl (C=O) groups is 1. The summed E-state index contributed by atoms with van der Waals surface area (Å²) >= 11 is 0. The van der Waals surface area contributed by atoms with Crippen molar-refractivity contribution in [1.29, 1.82) is 0 Å². The zero-order chi connectivity index (χ0) is 10.7. The molecule has 1 fully saturated rings. The number of ether oxygens (including phenoxy) is 1. The number of hydrogen-bond acceptors (Lipinski definition) is 2. The van der Waals surface area contributed by atoms with Crippen LogP contribution in [0.1, 0.15) is 23.5 Å². The standard InChI is InChI=1S/C12H14O3/c13-12(14)7-9-2-1-3-10(6-9)11-4-5-15-8-11/h1-3,6,11H,4-5,7-8H2,(H,13,14). The molecule has 0 saturated carbocycles. The molecule has 1 aromatic carbocycles. The lowest BCUT2D eigenvalue weighted by Gasteiger charge is -2.08. The summed E-state index contributed by atoms with van der Waals surface area (Å²) in [5.74, 6) is -0.339. The van der Waals surface area contributed by atoms with Gasteiger partial charge in [0.1, 0.15) is 0 Å². The summed E-state index contributed by atoms with van der Waals surface area (Å²) in [5, 5.41) is 8.70. The van der Waals surface area contributed by atoms with Gasteiger partial charge in [-0.1, -0.05) is 24.3 Å². The summed E-state index contributed by atoms with van der Waals surface area (Å²) in [6, 6.07) is 7.80. The molecule has 0 amide bonds. The van der Waals surface area contributed by atoms with E-state index in [-0.39, 0.29) is 6.42 Å². The third kappa shape index (κ3) is 2.57. The van der Waals surface area contributed by atoms with Crippen LogP contribution in [-0.2, 0) is 16.0 Å². The minimum absolute atomic E-state index is 0.0986. The second-order valence-corrected chi connectivity index (χ2v) is 3.88. The molecule has 0 bridgehead atoms. The Labute approximate surface area is 88.7 Å². The Morgan fingerprint density at radius 2 is 2.40 bits per heavy atom. The Kier molecular flexibility index (Phi) is 3.02. The van der Waals surface area contributed by atoms with E-state index in [1.165, 1.54) is 5.56 Å². The molecule has 1 unspecified atom stereocenters. The van der Waals surface area contributed by atoms with E-state index in [2.05, 4.69) is 0 Å². The summed E-state index contributed by atoms with van der Waals surface area (Å²) < 4.78 is 5.32. The topological polar surface area (TPSA) is 46.5 Å². The molecule has 2 rings (SSSR count). The molecule has 1 N–H and O–H groups in total. The summed E-state index contributed by atoms with van der Waals surface area (Å²) in [6.45, 7) is 1.57. The second kappa shape index (κ2) is 4.45. The molecule has 1 aliphatic heterocycles. The Morgan fingerprint density at radius 3 is 3.07 bits per heavy atom. The molecular weight excluding hydrogens is 192 g/mol. The summed E-state index contributed by atoms with van der Waals surface area (Å²) in [7, 11) is 0. The maximum atomic E-state index is 10.6. The number of carboxylic acids is 1. The highest BCUT2D eigenvalue weighted by molar-refractivity contribution is 5.70. The third-order valence-electron chi connectivity index (χ3n) is 2.71. The van der Waals surface area contributed by atoms with E-state index >= 15 is 0 Å². The zero-order valence-electron chi connectivity index (χ0n) is 8.48. The van der Waals surface area contributed by atoms with Crippen LogP contribution in [0.15, 0.2) is 24.3 Å². The fourth-order valence-electron chi connectivity index (χ4n) is 1.93. The highest BCUT2D eigenvalue weighted by Gasteiger charge is 2.17. The van der Waals surface area contributed by atoms with Gasteiger partial charge in [0.05, 0.1) is 13.0 Å². The Balaban J connectivity index is 2.14. The van der Waals surface area contributed by atoms with E-state index in [9.17, 15) is 4.79 Å². The van der Waals surface area contributed by atoms with Crippen LogP contribution in [0.5, 0.6) is 0 Å². The molecule has 1 aliphatic rings. The van der Waals surface area contributed by atoms with Crippen molar-refractivity contribution in [2.75, 3.05) is 13.2 Å². The largest absolute Gasteiger partial charge is 0.481 e. The molecule has 3 nitrogen and oxygen atoms in total. The third-order valence-corrected chi connectivity index (χ3v) is 2.71. The van der Waals surface area contributed by atoms with Crippen molar-refractivity contribution in [3.63, 3.8) is 0 Å². The highest BCUT2D eigenvalue weighted by atomic mass is 16.5. The average molecular weight is 206 g/mol. The maximum absolute atomic E-state index is 10.6. The molecule has 0 spiro atoms. The molecule has 15 heavy (non-hydrogen) atoms. The molecule has 1 atom stereocenters. The molecule has 80 valence electrons. The van der Waals surface area contributed by atoms with E-state index in [4.69, 9.17) is 9.84 Å². The van der Waals surface area contributed by atoms with Crippen molar-refractivity contribution in [3.05, 3.63) is 35.4 Å². The van der Waals surface area contributed by atoms with E-state index in [1.54, 1.807) is 0 Å². The van der Waals surface area contributed by atoms with Gasteiger partial charge in [-0.05, 0) is 17.5 Å². The van der Waals surface area contributed by atoms with Gasteiger partial charge in [-0.15, -0.1) is 0 Å². The molecule has 1 aromatic rings. The normalized spacial score (nSPS) is 20.4. The fourth-order valence-corrected chi connectivity index (χ4v) is 1.93. The van der Waals surface area contributed by atoms with Crippen LogP contribution in [0.3, 0.4) is 0 Å². The number of benzene rings is 1. The second-order valence-electron chi connectivity index (χ2n) is 3.88. The minimum atomic E-state index is -0.783. The van der Waals surface area contributed by atoms with E-state index in [1.807, 2.05) is 24.3 Å². The first-order valence-corrected chi connectivity index (χ1v) is 5.14. The van der Waals surface area contributed by atoms with Crippen molar-refractivity contribution >= 4 is 5.97 Å². The highest BCUT2D eigenvalue weighted by Crippen LogP contribution is 2.25. The monoisotopic (exact) mass is 206 g/mol. The lowest BCUT2D eigenvalue weighted by atomic mass is 9.96. The van der Waals surface area contributed by atoms with Gasteiger partial charge in [-0.3, -0.25) is 4.79 Å². The summed E-state index contributed by atoms with van der Waals surface area (Å²) in [4.78, 5) is 10.6. The lowest BCUT2D eigenvalue weighted by Crippen LogP contribution is -2.02. The number of aliphatic carboxylic acids is 1. The predicted octanol–water partition coefficient (Wildman–Crippen LogP) is 1.82. The molecule has 0 radical (unpaired) electrons. The number of carboxylic acid groups (broad SMARTS) is 1. The van der Waals surface area contributed by atoms with Crippen LogP contribution >= 0.6 is 0 Å². The van der Waals surface area contributed by atoms with Crippen LogP contribution in [0, 0.1) is 0 Å². The molecule has 3 heteroatoms. The average Bonchev–Trinajstić information content (AvgIpc) is 2.69. The Hall–Kier alpha value is -1.35.